The summed E-state index contributed by atoms with van der Waals surface area (Å²) in [7, 11) is 0. The molecular weight excluding hydrogens is 449 g/mol. The third-order valence-electron chi connectivity index (χ3n) is 2.54. The van der Waals surface area contributed by atoms with E-state index in [2.05, 4.69) is 21.2 Å². The standard InChI is InChI=1S/C11H8BCl.C5H5.3CH3.Fe.Sn/c13-12(11-8-4-5-9-11)10-6-2-1-3-7-10;1-2-4-5-3-1;;;;;/h1-8H;1-5H;3*1H3;;/q-1;;;;;+2;+1. The second-order valence-corrected chi connectivity index (χ2v) is 14.4. The monoisotopic (exact) mass is 472 g/mol. The maximum atomic E-state index is 6.24. The first-order chi connectivity index (χ1) is 10.6. The van der Waals surface area contributed by atoms with Crippen molar-refractivity contribution < 1.29 is 17.1 Å². The zero-order chi connectivity index (χ0) is 16.2. The van der Waals surface area contributed by atoms with Gasteiger partial charge in [-0.2, -0.15) is 11.5 Å². The molecule has 0 spiro atoms. The second kappa shape index (κ2) is 15.2. The Labute approximate surface area is 167 Å². The minimum absolute atomic E-state index is 0. The predicted molar refractivity (Wildman–Crippen MR) is 102 cm³/mol. The molecule has 0 bridgehead atoms. The Morgan fingerprint density at radius 1 is 0.870 bits per heavy atom. The first-order valence-electron chi connectivity index (χ1n) is 7.37. The molecule has 2 aliphatic carbocycles. The van der Waals surface area contributed by atoms with Crippen LogP contribution >= 0.6 is 11.5 Å². The Morgan fingerprint density at radius 2 is 1.35 bits per heavy atom. The van der Waals surface area contributed by atoms with E-state index >= 15 is 0 Å². The van der Waals surface area contributed by atoms with Gasteiger partial charge in [-0.3, -0.25) is 0 Å². The molecule has 1 aromatic rings. The van der Waals surface area contributed by atoms with Crippen molar-refractivity contribution >= 4 is 42.8 Å². The van der Waals surface area contributed by atoms with E-state index in [1.807, 2.05) is 81.7 Å². The van der Waals surface area contributed by atoms with Crippen LogP contribution in [0, 0.1) is 63.6 Å². The van der Waals surface area contributed by atoms with Crippen molar-refractivity contribution in [2.45, 2.75) is 14.8 Å². The van der Waals surface area contributed by atoms with Gasteiger partial charge >= 0.3 is 51.6 Å². The van der Waals surface area contributed by atoms with Gasteiger partial charge in [0.2, 0.25) is 0 Å². The van der Waals surface area contributed by atoms with Gasteiger partial charge in [-0.05, 0) is 32.1 Å². The molecule has 0 N–H and O–H groups in total. The third-order valence-corrected chi connectivity index (χ3v) is 3.03. The van der Waals surface area contributed by atoms with E-state index in [4.69, 9.17) is 11.5 Å². The molecule has 2 saturated carbocycles. The van der Waals surface area contributed by atoms with Gasteiger partial charge in [-0.15, -0.1) is 0 Å². The van der Waals surface area contributed by atoms with Gasteiger partial charge in [0.25, 0.3) is 6.13 Å². The number of benzene rings is 1. The van der Waals surface area contributed by atoms with Gasteiger partial charge in [0.1, 0.15) is 0 Å². The molecule has 2 fully saturated rings. The summed E-state index contributed by atoms with van der Waals surface area (Å²) in [5.74, 6) is 1.04. The van der Waals surface area contributed by atoms with Gasteiger partial charge in [-0.25, -0.2) is 12.2 Å². The van der Waals surface area contributed by atoms with E-state index in [1.54, 1.807) is 0 Å². The fourth-order valence-electron chi connectivity index (χ4n) is 1.62. The van der Waals surface area contributed by atoms with Crippen molar-refractivity contribution in [3.8, 4) is 0 Å². The van der Waals surface area contributed by atoms with E-state index in [-0.39, 0.29) is 23.2 Å². The van der Waals surface area contributed by atoms with Crippen molar-refractivity contribution in [3.05, 3.63) is 93.9 Å². The van der Waals surface area contributed by atoms with Crippen LogP contribution in [0.15, 0.2) is 30.3 Å². The van der Waals surface area contributed by atoms with Gasteiger partial charge < -0.3 is 6.42 Å². The third kappa shape index (κ3) is 12.0. The Hall–Kier alpha value is 0.893. The number of halogens is 1. The zero-order valence-corrected chi connectivity index (χ0v) is 18.5. The summed E-state index contributed by atoms with van der Waals surface area (Å²) in [4.78, 5) is 7.09. The number of hydrogen-bond acceptors (Lipinski definition) is 0. The normalized spacial score (nSPS) is 16.3. The van der Waals surface area contributed by atoms with E-state index in [9.17, 15) is 0 Å². The topological polar surface area (TPSA) is 0 Å². The molecule has 0 saturated heterocycles. The van der Waals surface area contributed by atoms with Crippen LogP contribution in [0.25, 0.3) is 0 Å². The molecule has 0 atom stereocenters. The molecule has 10 radical (unpaired) electrons. The molecule has 118 valence electrons. The SMILES string of the molecule is ClB([C]1[C-][CH][CH][CH]1)c1ccccc1.[CH3][Sn+]([CH3])[CH3].[CH]1[CH][CH][CH][CH]1.[Fe+2]. The summed E-state index contributed by atoms with van der Waals surface area (Å²) in [6.45, 7) is 0. The first-order valence-corrected chi connectivity index (χ1v) is 16.4. The van der Waals surface area contributed by atoms with Crippen molar-refractivity contribution in [2.24, 2.45) is 0 Å². The fraction of sp³-hybridized carbons (Fsp3) is 0.158. The summed E-state index contributed by atoms with van der Waals surface area (Å²) < 4.78 is 0. The molecular formula is C19H22BClFeSn+2. The molecule has 0 unspecified atom stereocenters. The van der Waals surface area contributed by atoms with Crippen LogP contribution in [0.4, 0.5) is 0 Å². The van der Waals surface area contributed by atoms with Gasteiger partial charge in [0.15, 0.2) is 0 Å². The smallest absolute Gasteiger partial charge is 0.0312 e. The van der Waals surface area contributed by atoms with Gasteiger partial charge in [0, 0.05) is 0 Å². The molecule has 4 heteroatoms. The molecule has 0 aliphatic heterocycles. The maximum absolute atomic E-state index is 6.24. The number of hydrogen-bond donors (Lipinski definition) is 0. The van der Waals surface area contributed by atoms with Crippen LogP contribution in [0.5, 0.6) is 0 Å². The summed E-state index contributed by atoms with van der Waals surface area (Å²) in [5, 5.41) is 0. The molecule has 23 heavy (non-hydrogen) atoms. The maximum Gasteiger partial charge on any atom is 2.00 e. The molecule has 1 aromatic carbocycles. The van der Waals surface area contributed by atoms with Crippen LogP contribution in [0.3, 0.4) is 0 Å². The van der Waals surface area contributed by atoms with E-state index < -0.39 is 19.8 Å². The zero-order valence-electron chi connectivity index (χ0n) is 13.8. The molecule has 0 heterocycles. The Morgan fingerprint density at radius 3 is 1.74 bits per heavy atom. The Bertz CT molecular complexity index is 355. The Kier molecular flexibility index (Phi) is 15.8. The van der Waals surface area contributed by atoms with Crippen LogP contribution in [0.2, 0.25) is 14.8 Å². The van der Waals surface area contributed by atoms with Crippen LogP contribution in [-0.2, 0) is 17.1 Å². The van der Waals surface area contributed by atoms with Gasteiger partial charge in [-0.1, -0.05) is 48.6 Å². The van der Waals surface area contributed by atoms with E-state index in [0.717, 1.165) is 11.3 Å². The summed E-state index contributed by atoms with van der Waals surface area (Å²) in [6, 6.07) is 10.0. The molecule has 0 aromatic heterocycles. The molecule has 3 rings (SSSR count). The largest absolute Gasteiger partial charge is 2.00 e. The van der Waals surface area contributed by atoms with E-state index in [1.165, 1.54) is 0 Å². The van der Waals surface area contributed by atoms with E-state index in [0.29, 0.717) is 0 Å². The average Bonchev–Trinajstić information content (AvgIpc) is 3.22. The minimum atomic E-state index is -0.543. The average molecular weight is 471 g/mol. The van der Waals surface area contributed by atoms with Crippen LogP contribution in [-0.4, -0.2) is 25.9 Å². The number of rotatable bonds is 2. The summed E-state index contributed by atoms with van der Waals surface area (Å²) in [5.41, 5.74) is 1.12. The fourth-order valence-corrected chi connectivity index (χ4v) is 1.91. The van der Waals surface area contributed by atoms with Crippen molar-refractivity contribution in [3.63, 3.8) is 0 Å². The summed E-state index contributed by atoms with van der Waals surface area (Å²) >= 11 is 5.70. The minimum Gasteiger partial charge on any atom is -0.0312 e. The first kappa shape index (κ1) is 23.9. The van der Waals surface area contributed by atoms with Crippen molar-refractivity contribution in [1.82, 2.24) is 0 Å². The van der Waals surface area contributed by atoms with Gasteiger partial charge in [0.05, 0.1) is 0 Å². The second-order valence-electron chi connectivity index (χ2n) is 5.36. The Balaban J connectivity index is 0.000000404. The quantitative estimate of drug-likeness (QED) is 0.445. The molecule has 0 nitrogen and oxygen atoms in total. The van der Waals surface area contributed by atoms with Crippen LogP contribution in [0.1, 0.15) is 0 Å². The van der Waals surface area contributed by atoms with Crippen molar-refractivity contribution in [2.75, 3.05) is 0 Å². The van der Waals surface area contributed by atoms with Crippen molar-refractivity contribution in [1.29, 1.82) is 0 Å². The molecule has 2 aliphatic rings. The molecule has 0 amide bonds. The summed E-state index contributed by atoms with van der Waals surface area (Å²) in [6.07, 6.45) is 18.9. The van der Waals surface area contributed by atoms with Crippen LogP contribution < -0.4 is 5.46 Å². The predicted octanol–water partition coefficient (Wildman–Crippen LogP) is 4.33.